The Morgan fingerprint density at radius 2 is 1.56 bits per heavy atom. The predicted octanol–water partition coefficient (Wildman–Crippen LogP) is 6.18. The van der Waals surface area contributed by atoms with Gasteiger partial charge in [-0.3, -0.25) is 13.9 Å². The smallest absolute Gasteiger partial charge is 0.264 e. The molecule has 0 aromatic heterocycles. The second-order valence-electron chi connectivity index (χ2n) is 8.76. The number of carbonyl (C=O) groups is 2. The van der Waals surface area contributed by atoms with Gasteiger partial charge in [-0.05, 0) is 54.8 Å². The number of rotatable bonds is 12. The Morgan fingerprint density at radius 1 is 0.897 bits per heavy atom. The van der Waals surface area contributed by atoms with Crippen LogP contribution in [0.3, 0.4) is 0 Å². The maximum absolute atomic E-state index is 14.0. The van der Waals surface area contributed by atoms with Crippen LogP contribution in [0.2, 0.25) is 15.1 Å². The lowest BCUT2D eigenvalue weighted by Gasteiger charge is -2.33. The normalized spacial score (nSPS) is 12.0. The Labute approximate surface area is 244 Å². The van der Waals surface area contributed by atoms with Crippen molar-refractivity contribution in [2.24, 2.45) is 0 Å². The molecular weight excluding hydrogens is 581 g/mol. The highest BCUT2D eigenvalue weighted by atomic mass is 35.5. The quantitative estimate of drug-likeness (QED) is 0.266. The first-order valence-corrected chi connectivity index (χ1v) is 15.0. The molecule has 0 spiro atoms. The number of anilines is 1. The van der Waals surface area contributed by atoms with Crippen LogP contribution in [-0.2, 0) is 26.2 Å². The van der Waals surface area contributed by atoms with Crippen molar-refractivity contribution >= 4 is 62.3 Å². The SMILES string of the molecule is CCCNC(=O)[C@H](CC)N(Cc1ccc(Cl)cc1)C(=O)CN(c1cccc(Cl)c1Cl)S(=O)(=O)c1ccccc1. The number of halogens is 3. The minimum Gasteiger partial charge on any atom is -0.354 e. The number of hydrogen-bond acceptors (Lipinski definition) is 4. The topological polar surface area (TPSA) is 86.8 Å². The van der Waals surface area contributed by atoms with Crippen molar-refractivity contribution in [3.05, 3.63) is 93.4 Å². The van der Waals surface area contributed by atoms with Gasteiger partial charge in [0.15, 0.2) is 0 Å². The molecule has 0 aliphatic carbocycles. The van der Waals surface area contributed by atoms with E-state index in [2.05, 4.69) is 5.32 Å². The Balaban J connectivity index is 2.08. The molecule has 0 aliphatic heterocycles. The summed E-state index contributed by atoms with van der Waals surface area (Å²) in [6.07, 6.45) is 1.04. The van der Waals surface area contributed by atoms with Crippen LogP contribution in [0.5, 0.6) is 0 Å². The van der Waals surface area contributed by atoms with E-state index in [0.29, 0.717) is 18.0 Å². The molecule has 3 aromatic rings. The van der Waals surface area contributed by atoms with Crippen LogP contribution in [0, 0.1) is 0 Å². The molecule has 1 atom stereocenters. The summed E-state index contributed by atoms with van der Waals surface area (Å²) < 4.78 is 28.6. The van der Waals surface area contributed by atoms with Crippen molar-refractivity contribution in [3.63, 3.8) is 0 Å². The molecule has 7 nitrogen and oxygen atoms in total. The lowest BCUT2D eigenvalue weighted by atomic mass is 10.1. The van der Waals surface area contributed by atoms with E-state index in [9.17, 15) is 18.0 Å². The van der Waals surface area contributed by atoms with Crippen LogP contribution >= 0.6 is 34.8 Å². The first kappa shape index (κ1) is 30.8. The van der Waals surface area contributed by atoms with Crippen molar-refractivity contribution < 1.29 is 18.0 Å². The van der Waals surface area contributed by atoms with Crippen molar-refractivity contribution in [2.75, 3.05) is 17.4 Å². The average molecular weight is 611 g/mol. The molecule has 0 bridgehead atoms. The number of nitrogens with zero attached hydrogens (tertiary/aromatic N) is 2. The first-order chi connectivity index (χ1) is 18.6. The molecule has 3 aromatic carbocycles. The van der Waals surface area contributed by atoms with Crippen LogP contribution < -0.4 is 9.62 Å². The number of hydrogen-bond donors (Lipinski definition) is 1. The summed E-state index contributed by atoms with van der Waals surface area (Å²) in [6.45, 7) is 3.63. The van der Waals surface area contributed by atoms with Gasteiger partial charge >= 0.3 is 0 Å². The molecule has 39 heavy (non-hydrogen) atoms. The van der Waals surface area contributed by atoms with E-state index >= 15 is 0 Å². The monoisotopic (exact) mass is 609 g/mol. The van der Waals surface area contributed by atoms with Crippen molar-refractivity contribution in [3.8, 4) is 0 Å². The molecule has 0 aliphatic rings. The van der Waals surface area contributed by atoms with Crippen molar-refractivity contribution in [2.45, 2.75) is 44.2 Å². The summed E-state index contributed by atoms with van der Waals surface area (Å²) in [5.74, 6) is -0.904. The summed E-state index contributed by atoms with van der Waals surface area (Å²) in [5, 5.41) is 3.50. The molecule has 0 heterocycles. The molecule has 208 valence electrons. The Morgan fingerprint density at radius 3 is 2.18 bits per heavy atom. The van der Waals surface area contributed by atoms with E-state index in [-0.39, 0.29) is 33.1 Å². The Hall–Kier alpha value is -2.78. The molecule has 0 radical (unpaired) electrons. The van der Waals surface area contributed by atoms with E-state index in [1.54, 1.807) is 55.5 Å². The van der Waals surface area contributed by atoms with E-state index in [4.69, 9.17) is 34.8 Å². The van der Waals surface area contributed by atoms with Gasteiger partial charge < -0.3 is 10.2 Å². The predicted molar refractivity (Wildman–Crippen MR) is 157 cm³/mol. The minimum absolute atomic E-state index is 0.0107. The number of amides is 2. The van der Waals surface area contributed by atoms with Gasteiger partial charge in [0, 0.05) is 18.1 Å². The lowest BCUT2D eigenvalue weighted by molar-refractivity contribution is -0.140. The van der Waals surface area contributed by atoms with Gasteiger partial charge in [0.2, 0.25) is 11.8 Å². The lowest BCUT2D eigenvalue weighted by Crippen LogP contribution is -2.52. The maximum Gasteiger partial charge on any atom is 0.264 e. The zero-order valence-corrected chi connectivity index (χ0v) is 24.7. The van der Waals surface area contributed by atoms with Crippen LogP contribution in [0.1, 0.15) is 32.3 Å². The van der Waals surface area contributed by atoms with Crippen LogP contribution in [0.15, 0.2) is 77.7 Å². The highest BCUT2D eigenvalue weighted by Crippen LogP contribution is 2.35. The molecule has 0 fully saturated rings. The third kappa shape index (κ3) is 7.66. The second-order valence-corrected chi connectivity index (χ2v) is 11.8. The van der Waals surface area contributed by atoms with Crippen LogP contribution in [0.25, 0.3) is 0 Å². The van der Waals surface area contributed by atoms with Crippen LogP contribution in [0.4, 0.5) is 5.69 Å². The summed E-state index contributed by atoms with van der Waals surface area (Å²) in [6, 6.07) is 18.4. The van der Waals surface area contributed by atoms with Gasteiger partial charge in [0.25, 0.3) is 10.0 Å². The largest absolute Gasteiger partial charge is 0.354 e. The molecule has 0 unspecified atom stereocenters. The molecule has 2 amide bonds. The second kappa shape index (κ2) is 14.0. The van der Waals surface area contributed by atoms with Crippen molar-refractivity contribution in [1.29, 1.82) is 0 Å². The zero-order chi connectivity index (χ0) is 28.6. The number of sulfonamides is 1. The summed E-state index contributed by atoms with van der Waals surface area (Å²) in [5.41, 5.74) is 0.782. The van der Waals surface area contributed by atoms with E-state index in [1.807, 2.05) is 6.92 Å². The number of benzene rings is 3. The van der Waals surface area contributed by atoms with E-state index < -0.39 is 28.5 Å². The fourth-order valence-corrected chi connectivity index (χ4v) is 6.01. The Kier molecular flexibility index (Phi) is 11.1. The summed E-state index contributed by atoms with van der Waals surface area (Å²) in [4.78, 5) is 28.5. The van der Waals surface area contributed by atoms with Gasteiger partial charge in [-0.1, -0.05) is 85.0 Å². The molecule has 1 N–H and O–H groups in total. The van der Waals surface area contributed by atoms with Gasteiger partial charge in [-0.25, -0.2) is 8.42 Å². The zero-order valence-electron chi connectivity index (χ0n) is 21.6. The molecule has 0 saturated heterocycles. The van der Waals surface area contributed by atoms with Crippen molar-refractivity contribution in [1.82, 2.24) is 10.2 Å². The fraction of sp³-hybridized carbons (Fsp3) is 0.286. The third-order valence-corrected chi connectivity index (χ3v) is 8.85. The van der Waals surface area contributed by atoms with E-state index in [1.165, 1.54) is 29.2 Å². The molecule has 0 saturated carbocycles. The highest BCUT2D eigenvalue weighted by molar-refractivity contribution is 7.92. The highest BCUT2D eigenvalue weighted by Gasteiger charge is 2.34. The van der Waals surface area contributed by atoms with Gasteiger partial charge in [0.05, 0.1) is 20.6 Å². The number of carbonyl (C=O) groups excluding carboxylic acids is 2. The third-order valence-electron chi connectivity index (χ3n) is 6.01. The van der Waals surface area contributed by atoms with Crippen LogP contribution in [-0.4, -0.2) is 44.3 Å². The van der Waals surface area contributed by atoms with Gasteiger partial charge in [0.1, 0.15) is 12.6 Å². The summed E-state index contributed by atoms with van der Waals surface area (Å²) >= 11 is 18.7. The maximum atomic E-state index is 14.0. The number of nitrogens with one attached hydrogen (secondary N) is 1. The van der Waals surface area contributed by atoms with Gasteiger partial charge in [-0.2, -0.15) is 0 Å². The molecule has 11 heteroatoms. The van der Waals surface area contributed by atoms with E-state index in [0.717, 1.165) is 16.3 Å². The van der Waals surface area contributed by atoms with Gasteiger partial charge in [-0.15, -0.1) is 0 Å². The first-order valence-electron chi connectivity index (χ1n) is 12.4. The summed E-state index contributed by atoms with van der Waals surface area (Å²) in [7, 11) is -4.24. The average Bonchev–Trinajstić information content (AvgIpc) is 2.93. The Bertz CT molecular complexity index is 1390. The molecular formula is C28H30Cl3N3O4S. The molecule has 3 rings (SSSR count). The minimum atomic E-state index is -4.24. The standard InChI is InChI=1S/C28H30Cl3N3O4S/c1-3-17-32-28(36)24(4-2)33(18-20-13-15-21(29)16-14-20)26(35)19-34(25-12-8-11-23(30)27(25)31)39(37,38)22-9-6-5-7-10-22/h5-16,24H,3-4,17-19H2,1-2H3,(H,32,36)/t24-/m0/s1. The fourth-order valence-electron chi connectivity index (χ4n) is 3.99.